The Bertz CT molecular complexity index is 428. The third-order valence-electron chi connectivity index (χ3n) is 3.36. The van der Waals surface area contributed by atoms with Crippen molar-refractivity contribution in [3.63, 3.8) is 0 Å². The monoisotopic (exact) mass is 283 g/mol. The molecular formula is C15H22ClNO2. The molecule has 0 amide bonds. The zero-order chi connectivity index (χ0) is 13.8. The molecule has 4 heteroatoms. The summed E-state index contributed by atoms with van der Waals surface area (Å²) in [4.78, 5) is 0. The average Bonchev–Trinajstić information content (AvgIpc) is 2.40. The maximum absolute atomic E-state index is 6.20. The number of ether oxygens (including phenoxy) is 2. The van der Waals surface area contributed by atoms with Crippen LogP contribution in [-0.4, -0.2) is 26.3 Å². The Labute approximate surface area is 120 Å². The molecule has 1 atom stereocenters. The molecule has 1 aromatic carbocycles. The Kier molecular flexibility index (Phi) is 4.94. The highest BCUT2D eigenvalue weighted by Crippen LogP contribution is 2.41. The Morgan fingerprint density at radius 1 is 1.37 bits per heavy atom. The minimum absolute atomic E-state index is 0.116. The van der Waals surface area contributed by atoms with Crippen molar-refractivity contribution >= 4 is 11.6 Å². The van der Waals surface area contributed by atoms with E-state index >= 15 is 0 Å². The van der Waals surface area contributed by atoms with Crippen LogP contribution >= 0.6 is 11.6 Å². The van der Waals surface area contributed by atoms with Crippen LogP contribution in [0.2, 0.25) is 5.02 Å². The highest BCUT2D eigenvalue weighted by molar-refractivity contribution is 6.30. The first kappa shape index (κ1) is 14.5. The fourth-order valence-corrected chi connectivity index (χ4v) is 2.74. The number of rotatable bonds is 4. The largest absolute Gasteiger partial charge is 0.493 e. The maximum Gasteiger partial charge on any atom is 0.165 e. The molecule has 0 spiro atoms. The number of hydrogen-bond donors (Lipinski definition) is 1. The summed E-state index contributed by atoms with van der Waals surface area (Å²) in [5.74, 6) is 2.01. The fourth-order valence-electron chi connectivity index (χ4n) is 2.52. The number of methoxy groups -OCH3 is 1. The molecule has 0 saturated carbocycles. The molecule has 2 rings (SSSR count). The predicted octanol–water partition coefficient (Wildman–Crippen LogP) is 3.60. The molecule has 1 saturated heterocycles. The average molecular weight is 284 g/mol. The van der Waals surface area contributed by atoms with Gasteiger partial charge in [-0.1, -0.05) is 11.6 Å². The molecule has 0 aromatic heterocycles. The lowest BCUT2D eigenvalue weighted by Gasteiger charge is -2.27. The number of benzene rings is 1. The fraction of sp³-hybridized carbons (Fsp3) is 0.600. The summed E-state index contributed by atoms with van der Waals surface area (Å²) in [6.07, 6.45) is 2.45. The van der Waals surface area contributed by atoms with Gasteiger partial charge in [0.05, 0.1) is 13.2 Å². The van der Waals surface area contributed by atoms with E-state index in [-0.39, 0.29) is 6.10 Å². The van der Waals surface area contributed by atoms with Crippen LogP contribution in [0.4, 0.5) is 0 Å². The predicted molar refractivity (Wildman–Crippen MR) is 78.6 cm³/mol. The second-order valence-electron chi connectivity index (χ2n) is 5.24. The quantitative estimate of drug-likeness (QED) is 0.916. The maximum atomic E-state index is 6.20. The minimum Gasteiger partial charge on any atom is -0.493 e. The standard InChI is InChI=1S/C15H22ClNO2/c1-10(2)19-15-13(11-5-4-6-17-9-11)7-12(16)8-14(15)18-3/h7-8,10-11,17H,4-6,9H2,1-3H3. The van der Waals surface area contributed by atoms with E-state index in [1.807, 2.05) is 26.0 Å². The normalized spacial score (nSPS) is 19.5. The molecule has 1 unspecified atom stereocenters. The Morgan fingerprint density at radius 2 is 2.16 bits per heavy atom. The van der Waals surface area contributed by atoms with E-state index in [2.05, 4.69) is 5.32 Å². The molecule has 0 radical (unpaired) electrons. The molecule has 3 nitrogen and oxygen atoms in total. The summed E-state index contributed by atoms with van der Waals surface area (Å²) >= 11 is 6.20. The molecule has 1 fully saturated rings. The van der Waals surface area contributed by atoms with Crippen LogP contribution < -0.4 is 14.8 Å². The minimum atomic E-state index is 0.116. The third kappa shape index (κ3) is 3.54. The van der Waals surface area contributed by atoms with Gasteiger partial charge in [-0.05, 0) is 39.3 Å². The van der Waals surface area contributed by atoms with E-state index in [4.69, 9.17) is 21.1 Å². The van der Waals surface area contributed by atoms with E-state index in [1.54, 1.807) is 7.11 Å². The van der Waals surface area contributed by atoms with Crippen molar-refractivity contribution < 1.29 is 9.47 Å². The number of hydrogen-bond acceptors (Lipinski definition) is 3. The van der Waals surface area contributed by atoms with E-state index in [0.29, 0.717) is 10.9 Å². The van der Waals surface area contributed by atoms with Crippen molar-refractivity contribution in [2.75, 3.05) is 20.2 Å². The van der Waals surface area contributed by atoms with Crippen LogP contribution in [0, 0.1) is 0 Å². The summed E-state index contributed by atoms with van der Waals surface area (Å²) in [5, 5.41) is 4.13. The van der Waals surface area contributed by atoms with Gasteiger partial charge in [-0.25, -0.2) is 0 Å². The number of halogens is 1. The van der Waals surface area contributed by atoms with Crippen molar-refractivity contribution in [1.82, 2.24) is 5.32 Å². The lowest BCUT2D eigenvalue weighted by molar-refractivity contribution is 0.225. The molecule has 1 aromatic rings. The molecule has 106 valence electrons. The molecule has 1 N–H and O–H groups in total. The van der Waals surface area contributed by atoms with E-state index in [0.717, 1.165) is 36.6 Å². The van der Waals surface area contributed by atoms with Crippen LogP contribution in [0.1, 0.15) is 38.2 Å². The van der Waals surface area contributed by atoms with Gasteiger partial charge in [-0.15, -0.1) is 0 Å². The van der Waals surface area contributed by atoms with Crippen molar-refractivity contribution in [2.24, 2.45) is 0 Å². The summed E-state index contributed by atoms with van der Waals surface area (Å²) in [6.45, 7) is 6.11. The highest BCUT2D eigenvalue weighted by Gasteiger charge is 2.23. The second kappa shape index (κ2) is 6.49. The summed E-state index contributed by atoms with van der Waals surface area (Å²) in [5.41, 5.74) is 1.16. The summed E-state index contributed by atoms with van der Waals surface area (Å²) in [6, 6.07) is 3.83. The smallest absolute Gasteiger partial charge is 0.165 e. The number of nitrogens with one attached hydrogen (secondary N) is 1. The Morgan fingerprint density at radius 3 is 2.74 bits per heavy atom. The van der Waals surface area contributed by atoms with Crippen LogP contribution in [0.25, 0.3) is 0 Å². The zero-order valence-corrected chi connectivity index (χ0v) is 12.6. The SMILES string of the molecule is COc1cc(Cl)cc(C2CCCNC2)c1OC(C)C. The van der Waals surface area contributed by atoms with Gasteiger partial charge in [0.2, 0.25) is 0 Å². The van der Waals surface area contributed by atoms with Crippen molar-refractivity contribution in [3.05, 3.63) is 22.7 Å². The van der Waals surface area contributed by atoms with Crippen LogP contribution in [0.5, 0.6) is 11.5 Å². The molecule has 1 aliphatic heterocycles. The second-order valence-corrected chi connectivity index (χ2v) is 5.67. The molecule has 0 aliphatic carbocycles. The first-order valence-corrected chi connectivity index (χ1v) is 7.24. The van der Waals surface area contributed by atoms with Gasteiger partial charge < -0.3 is 14.8 Å². The van der Waals surface area contributed by atoms with Crippen molar-refractivity contribution in [3.8, 4) is 11.5 Å². The molecule has 0 bridgehead atoms. The molecule has 19 heavy (non-hydrogen) atoms. The summed E-state index contributed by atoms with van der Waals surface area (Å²) < 4.78 is 11.4. The number of piperidine rings is 1. The van der Waals surface area contributed by atoms with Gasteiger partial charge >= 0.3 is 0 Å². The van der Waals surface area contributed by atoms with Gasteiger partial charge in [0, 0.05) is 29.1 Å². The van der Waals surface area contributed by atoms with Crippen LogP contribution in [0.15, 0.2) is 12.1 Å². The Hall–Kier alpha value is -0.930. The van der Waals surface area contributed by atoms with Crippen molar-refractivity contribution in [2.45, 2.75) is 38.7 Å². The Balaban J connectivity index is 2.40. The lowest BCUT2D eigenvalue weighted by atomic mass is 9.90. The van der Waals surface area contributed by atoms with Crippen molar-refractivity contribution in [1.29, 1.82) is 0 Å². The van der Waals surface area contributed by atoms with Crippen LogP contribution in [-0.2, 0) is 0 Å². The third-order valence-corrected chi connectivity index (χ3v) is 3.58. The lowest BCUT2D eigenvalue weighted by Crippen LogP contribution is -2.28. The van der Waals surface area contributed by atoms with Crippen LogP contribution in [0.3, 0.4) is 0 Å². The molecule has 1 heterocycles. The highest BCUT2D eigenvalue weighted by atomic mass is 35.5. The molecule has 1 aliphatic rings. The van der Waals surface area contributed by atoms with Gasteiger partial charge in [0.15, 0.2) is 11.5 Å². The van der Waals surface area contributed by atoms with Gasteiger partial charge in [0.1, 0.15) is 0 Å². The summed E-state index contributed by atoms with van der Waals surface area (Å²) in [7, 11) is 1.65. The van der Waals surface area contributed by atoms with E-state index < -0.39 is 0 Å². The van der Waals surface area contributed by atoms with E-state index in [9.17, 15) is 0 Å². The first-order chi connectivity index (χ1) is 9.11. The molecular weight excluding hydrogens is 262 g/mol. The van der Waals surface area contributed by atoms with Gasteiger partial charge in [0.25, 0.3) is 0 Å². The first-order valence-electron chi connectivity index (χ1n) is 6.86. The zero-order valence-electron chi connectivity index (χ0n) is 11.8. The van der Waals surface area contributed by atoms with E-state index in [1.165, 1.54) is 6.42 Å². The topological polar surface area (TPSA) is 30.5 Å². The van der Waals surface area contributed by atoms with Gasteiger partial charge in [-0.3, -0.25) is 0 Å². The van der Waals surface area contributed by atoms with Gasteiger partial charge in [-0.2, -0.15) is 0 Å².